The average molecular weight is 1160 g/mol. The summed E-state index contributed by atoms with van der Waals surface area (Å²) in [6.45, 7) is 9.34. The van der Waals surface area contributed by atoms with E-state index in [1.165, 1.54) is 80.2 Å². The van der Waals surface area contributed by atoms with Gasteiger partial charge in [0.05, 0.1) is 38.2 Å². The molecule has 7 aromatic heterocycles. The van der Waals surface area contributed by atoms with E-state index in [4.69, 9.17) is 24.4 Å². The fraction of sp³-hybridized carbons (Fsp3) is 0.312. The van der Waals surface area contributed by atoms with Crippen molar-refractivity contribution in [2.45, 2.75) is 77.5 Å². The number of carbonyl (C=O) groups excluding carboxylic acids is 6. The Morgan fingerprint density at radius 1 is 0.675 bits per heavy atom. The monoisotopic (exact) mass is 1160 g/mol. The first-order valence-electron chi connectivity index (χ1n) is 23.1. The van der Waals surface area contributed by atoms with Gasteiger partial charge in [0.15, 0.2) is 0 Å². The van der Waals surface area contributed by atoms with E-state index in [-0.39, 0.29) is 66.5 Å². The number of rotatable bonds is 10. The van der Waals surface area contributed by atoms with Crippen molar-refractivity contribution in [1.29, 1.82) is 0 Å². The molecule has 7 aromatic rings. The Balaban J connectivity index is 1.21. The second kappa shape index (κ2) is 23.7. The number of methoxy groups -OCH3 is 2. The summed E-state index contributed by atoms with van der Waals surface area (Å²) in [7, 11) is 2.54. The molecule has 8 bridgehead atoms. The second-order valence-electron chi connectivity index (χ2n) is 17.5. The van der Waals surface area contributed by atoms with Crippen LogP contribution in [0.1, 0.15) is 111 Å². The smallest absolute Gasteiger partial charge is 0.354 e. The predicted molar refractivity (Wildman–Crippen MR) is 290 cm³/mol. The van der Waals surface area contributed by atoms with Gasteiger partial charge in [-0.15, -0.1) is 68.0 Å². The molecule has 0 spiro atoms. The van der Waals surface area contributed by atoms with Gasteiger partial charge in [-0.05, 0) is 45.7 Å². The molecule has 23 nitrogen and oxygen atoms in total. The van der Waals surface area contributed by atoms with E-state index in [0.717, 1.165) is 56.7 Å². The Labute approximate surface area is 462 Å². The van der Waals surface area contributed by atoms with E-state index >= 15 is 0 Å². The Morgan fingerprint density at radius 3 is 1.90 bits per heavy atom. The molecule has 1 aliphatic rings. The summed E-state index contributed by atoms with van der Waals surface area (Å²) in [5, 5.41) is 58.4. The third-order valence-electron chi connectivity index (χ3n) is 11.7. The van der Waals surface area contributed by atoms with Crippen LogP contribution in [0.5, 0.6) is 0 Å². The molecule has 8 rings (SSSR count). The van der Waals surface area contributed by atoms with Gasteiger partial charge < -0.3 is 51.4 Å². The minimum Gasteiger partial charge on any atom is -0.502 e. The van der Waals surface area contributed by atoms with Gasteiger partial charge in [-0.2, -0.15) is 0 Å². The van der Waals surface area contributed by atoms with Crippen LogP contribution in [-0.2, 0) is 19.1 Å². The molecule has 8 heterocycles. The minimum absolute atomic E-state index is 0.00676. The maximum absolute atomic E-state index is 14.2. The van der Waals surface area contributed by atoms with E-state index in [9.17, 15) is 44.1 Å². The maximum Gasteiger partial charge on any atom is 0.354 e. The number of aliphatic hydroxyl groups is 3. The zero-order valence-electron chi connectivity index (χ0n) is 41.9. The summed E-state index contributed by atoms with van der Waals surface area (Å²) in [6, 6.07) is -0.157. The number of thiazole rings is 6. The highest BCUT2D eigenvalue weighted by Crippen LogP contribution is 2.40. The molecule has 6 unspecified atom stereocenters. The van der Waals surface area contributed by atoms with E-state index in [1.807, 2.05) is 13.8 Å². The first kappa shape index (κ1) is 56.1. The van der Waals surface area contributed by atoms with Crippen molar-refractivity contribution in [2.75, 3.05) is 14.2 Å². The van der Waals surface area contributed by atoms with Crippen LogP contribution < -0.4 is 26.6 Å². The first-order chi connectivity index (χ1) is 36.7. The molecule has 5 amide bonds. The van der Waals surface area contributed by atoms with Crippen molar-refractivity contribution in [3.63, 3.8) is 0 Å². The van der Waals surface area contributed by atoms with Crippen molar-refractivity contribution in [1.82, 2.24) is 61.5 Å². The molecule has 29 heteroatoms. The molecule has 0 radical (unpaired) electrons. The predicted octanol–water partition coefficient (Wildman–Crippen LogP) is 5.58. The fourth-order valence-electron chi connectivity index (χ4n) is 7.25. The van der Waals surface area contributed by atoms with Gasteiger partial charge in [0.2, 0.25) is 5.91 Å². The highest BCUT2D eigenvalue weighted by atomic mass is 32.1. The number of fused-ring (bicyclic) bond motifs is 11. The fourth-order valence-corrected chi connectivity index (χ4v) is 12.4. The van der Waals surface area contributed by atoms with Crippen molar-refractivity contribution in [2.24, 2.45) is 5.92 Å². The lowest BCUT2D eigenvalue weighted by molar-refractivity contribution is -0.136. The lowest BCUT2D eigenvalue weighted by Crippen LogP contribution is -2.52. The molecular weight excluding hydrogens is 1110 g/mol. The SMILES string of the molecule is C/C=C(/NC(=O)c1csc(-c2csc(-c3ccc4c(n3)-c3csc(n3)C(C(C)(O)C(C)O)NC(=O)c3csc(n3)C(C(C)C)NC(=O)c3csc(n3)/C(=C\OC)NC(=O)C(C(C)O)NC(=O)c3csc-4n3)n2)n1)C(=O)OC. The van der Waals surface area contributed by atoms with Crippen LogP contribution in [0.2, 0.25) is 0 Å². The highest BCUT2D eigenvalue weighted by molar-refractivity contribution is 7.15. The molecule has 6 atom stereocenters. The summed E-state index contributed by atoms with van der Waals surface area (Å²) in [5.74, 6) is -4.52. The molecule has 0 saturated heterocycles. The second-order valence-corrected chi connectivity index (χ2v) is 22.7. The molecule has 0 saturated carbocycles. The molecule has 0 fully saturated rings. The largest absolute Gasteiger partial charge is 0.502 e. The van der Waals surface area contributed by atoms with Crippen LogP contribution >= 0.6 is 68.0 Å². The normalized spacial score (nSPS) is 18.8. The minimum atomic E-state index is -2.01. The quantitative estimate of drug-likeness (QED) is 0.0471. The van der Waals surface area contributed by atoms with Gasteiger partial charge in [0.25, 0.3) is 23.6 Å². The Kier molecular flexibility index (Phi) is 17.2. The van der Waals surface area contributed by atoms with Gasteiger partial charge in [0, 0.05) is 37.8 Å². The zero-order valence-corrected chi connectivity index (χ0v) is 46.8. The summed E-state index contributed by atoms with van der Waals surface area (Å²) < 4.78 is 9.96. The van der Waals surface area contributed by atoms with Crippen LogP contribution in [0.25, 0.3) is 49.1 Å². The number of nitrogens with zero attached hydrogens (tertiary/aromatic N) is 7. The van der Waals surface area contributed by atoms with Crippen LogP contribution in [0.4, 0.5) is 0 Å². The lowest BCUT2D eigenvalue weighted by Gasteiger charge is -2.34. The highest BCUT2D eigenvalue weighted by Gasteiger charge is 2.42. The van der Waals surface area contributed by atoms with Crippen molar-refractivity contribution < 1.29 is 53.6 Å². The van der Waals surface area contributed by atoms with Crippen molar-refractivity contribution >= 4 is 109 Å². The summed E-state index contributed by atoms with van der Waals surface area (Å²) >= 11 is 6.67. The molecule has 0 aromatic carbocycles. The summed E-state index contributed by atoms with van der Waals surface area (Å²) in [6.07, 6.45) is -0.217. The third kappa shape index (κ3) is 12.2. The molecule has 8 N–H and O–H groups in total. The number of aliphatic hydroxyl groups excluding tert-OH is 2. The number of ether oxygens (including phenoxy) is 2. The summed E-state index contributed by atoms with van der Waals surface area (Å²) in [4.78, 5) is 114. The molecule has 402 valence electrons. The van der Waals surface area contributed by atoms with Gasteiger partial charge in [-0.3, -0.25) is 24.0 Å². The lowest BCUT2D eigenvalue weighted by atomic mass is 9.91. The van der Waals surface area contributed by atoms with Crippen molar-refractivity contribution in [3.8, 4) is 43.4 Å². The topological polar surface area (TPSA) is 332 Å². The van der Waals surface area contributed by atoms with E-state index < -0.39 is 71.4 Å². The number of allylic oxidation sites excluding steroid dienone is 1. The summed E-state index contributed by atoms with van der Waals surface area (Å²) in [5.41, 5.74) is -0.471. The molecule has 77 heavy (non-hydrogen) atoms. The van der Waals surface area contributed by atoms with Gasteiger partial charge in [0.1, 0.15) is 105 Å². The zero-order chi connectivity index (χ0) is 55.5. The Hall–Kier alpha value is -7.09. The number of hydrogen-bond donors (Lipinski definition) is 8. The number of amides is 5. The van der Waals surface area contributed by atoms with Gasteiger partial charge in [-0.1, -0.05) is 19.9 Å². The van der Waals surface area contributed by atoms with Crippen LogP contribution in [0.3, 0.4) is 0 Å². The number of nitrogens with one attached hydrogen (secondary N) is 5. The van der Waals surface area contributed by atoms with E-state index in [1.54, 1.807) is 29.8 Å². The van der Waals surface area contributed by atoms with Crippen LogP contribution in [0, 0.1) is 5.92 Å². The number of carbonyl (C=O) groups is 6. The van der Waals surface area contributed by atoms with Crippen LogP contribution in [-0.4, -0.2) is 124 Å². The van der Waals surface area contributed by atoms with Gasteiger partial charge >= 0.3 is 5.97 Å². The standard InChI is InChI=1S/C48H48N12O11S6/c1-9-23(47(68)71-8)50-36(63)27-15-74-44(55-27)31-18-75-42(57-31)24-11-10-22-34(49-24)26-13-77-46(52-26)35(48(6,69)21(5)62)60-39(66)30-17-76-45(56-30)32(19(2)3)58-37(64)29-16-73-43(54-29)25(12-70-7)51-40(67)33(20(4)61)59-38(65)28-14-72-41(22)53-28/h9-21,32-33,35,61-62,69H,1-8H3,(H,50,63)(H,51,67)(H,58,64)(H,59,65)(H,60,66)/b23-9+,25-12+. The Morgan fingerprint density at radius 2 is 1.23 bits per heavy atom. The maximum atomic E-state index is 14.2. The van der Waals surface area contributed by atoms with E-state index in [2.05, 4.69) is 46.5 Å². The molecule has 0 aliphatic carbocycles. The average Bonchev–Trinajstić information content (AvgIpc) is 4.32. The first-order valence-corrected chi connectivity index (χ1v) is 28.4. The number of hydrogen-bond acceptors (Lipinski definition) is 24. The molecular formula is C48H48N12O11S6. The van der Waals surface area contributed by atoms with E-state index in [0.29, 0.717) is 32.0 Å². The van der Waals surface area contributed by atoms with Crippen molar-refractivity contribution in [3.05, 3.63) is 100 Å². The number of esters is 1. The Bertz CT molecular complexity index is 3440. The van der Waals surface area contributed by atoms with Crippen LogP contribution in [0.15, 0.2) is 62.4 Å². The number of aromatic nitrogens is 7. The third-order valence-corrected chi connectivity index (χ3v) is 17.0. The van der Waals surface area contributed by atoms with Gasteiger partial charge in [-0.25, -0.2) is 39.7 Å². The molecule has 1 aliphatic heterocycles. The number of pyridine rings is 1.